The molecule has 1 saturated heterocycles. The average Bonchev–Trinajstić information content (AvgIpc) is 2.94. The van der Waals surface area contributed by atoms with Gasteiger partial charge >= 0.3 is 0 Å². The molecule has 1 aromatic rings. The summed E-state index contributed by atoms with van der Waals surface area (Å²) in [4.78, 5) is 3.92. The molecule has 112 valence electrons. The van der Waals surface area contributed by atoms with Gasteiger partial charge in [0.1, 0.15) is 0 Å². The maximum Gasteiger partial charge on any atom is 0.0291 e. The van der Waals surface area contributed by atoms with Crippen molar-refractivity contribution >= 4 is 11.8 Å². The number of hydrogen-bond donors (Lipinski definition) is 1. The normalized spacial score (nSPS) is 21.6. The summed E-state index contributed by atoms with van der Waals surface area (Å²) in [5, 5.41) is 3.70. The van der Waals surface area contributed by atoms with Crippen LogP contribution in [0.15, 0.2) is 29.2 Å². The van der Waals surface area contributed by atoms with Crippen LogP contribution in [-0.2, 0) is 0 Å². The van der Waals surface area contributed by atoms with Crippen LogP contribution in [0.2, 0.25) is 0 Å². The molecule has 20 heavy (non-hydrogen) atoms. The lowest BCUT2D eigenvalue weighted by molar-refractivity contribution is 0.263. The highest BCUT2D eigenvalue weighted by Gasteiger charge is 2.24. The summed E-state index contributed by atoms with van der Waals surface area (Å²) >= 11 is 1.80. The van der Waals surface area contributed by atoms with Gasteiger partial charge in [-0.3, -0.25) is 0 Å². The SMILES string of the molecule is CSc1ccc(C(C)NCC2CCN(C(C)C)C2)cc1. The molecule has 2 rings (SSSR count). The van der Waals surface area contributed by atoms with E-state index >= 15 is 0 Å². The summed E-state index contributed by atoms with van der Waals surface area (Å²) in [6, 6.07) is 10.1. The minimum absolute atomic E-state index is 0.444. The molecule has 0 spiro atoms. The van der Waals surface area contributed by atoms with Gasteiger partial charge in [0.25, 0.3) is 0 Å². The molecule has 2 nitrogen and oxygen atoms in total. The van der Waals surface area contributed by atoms with Gasteiger partial charge in [0.2, 0.25) is 0 Å². The smallest absolute Gasteiger partial charge is 0.0291 e. The molecule has 1 fully saturated rings. The fourth-order valence-corrected chi connectivity index (χ4v) is 3.26. The van der Waals surface area contributed by atoms with Crippen LogP contribution < -0.4 is 5.32 Å². The molecule has 0 amide bonds. The second kappa shape index (κ2) is 7.48. The summed E-state index contributed by atoms with van der Waals surface area (Å²) in [7, 11) is 0. The lowest BCUT2D eigenvalue weighted by Crippen LogP contribution is -2.31. The Morgan fingerprint density at radius 2 is 1.95 bits per heavy atom. The third kappa shape index (κ3) is 4.24. The van der Waals surface area contributed by atoms with Crippen molar-refractivity contribution in [2.75, 3.05) is 25.9 Å². The van der Waals surface area contributed by atoms with Crippen molar-refractivity contribution in [3.8, 4) is 0 Å². The monoisotopic (exact) mass is 292 g/mol. The van der Waals surface area contributed by atoms with Crippen LogP contribution in [0.5, 0.6) is 0 Å². The zero-order chi connectivity index (χ0) is 14.5. The summed E-state index contributed by atoms with van der Waals surface area (Å²) in [5.74, 6) is 0.810. The Kier molecular flexibility index (Phi) is 5.94. The molecule has 1 aromatic carbocycles. The van der Waals surface area contributed by atoms with Gasteiger partial charge in [-0.1, -0.05) is 12.1 Å². The second-order valence-corrected chi connectivity index (χ2v) is 7.03. The van der Waals surface area contributed by atoms with Crippen LogP contribution in [0.4, 0.5) is 0 Å². The number of benzene rings is 1. The van der Waals surface area contributed by atoms with Crippen LogP contribution in [0, 0.1) is 5.92 Å². The first-order chi connectivity index (χ1) is 9.60. The van der Waals surface area contributed by atoms with Crippen LogP contribution in [0.25, 0.3) is 0 Å². The molecular formula is C17H28N2S. The van der Waals surface area contributed by atoms with Crippen LogP contribution in [-0.4, -0.2) is 36.8 Å². The third-order valence-corrected chi connectivity index (χ3v) is 5.12. The summed E-state index contributed by atoms with van der Waals surface area (Å²) < 4.78 is 0. The number of rotatable bonds is 6. The molecule has 0 aromatic heterocycles. The van der Waals surface area contributed by atoms with Gasteiger partial charge in [0.05, 0.1) is 0 Å². The number of hydrogen-bond acceptors (Lipinski definition) is 3. The first kappa shape index (κ1) is 15.9. The Hall–Kier alpha value is -0.510. The van der Waals surface area contributed by atoms with E-state index in [1.807, 2.05) is 0 Å². The minimum atomic E-state index is 0.444. The zero-order valence-electron chi connectivity index (χ0n) is 13.2. The van der Waals surface area contributed by atoms with E-state index in [-0.39, 0.29) is 0 Å². The van der Waals surface area contributed by atoms with Crippen LogP contribution >= 0.6 is 11.8 Å². The fraction of sp³-hybridized carbons (Fsp3) is 0.647. The van der Waals surface area contributed by atoms with Crippen molar-refractivity contribution in [3.63, 3.8) is 0 Å². The maximum absolute atomic E-state index is 3.70. The average molecular weight is 292 g/mol. The van der Waals surface area contributed by atoms with E-state index in [9.17, 15) is 0 Å². The lowest BCUT2D eigenvalue weighted by Gasteiger charge is -2.21. The molecule has 0 aliphatic carbocycles. The van der Waals surface area contributed by atoms with Crippen molar-refractivity contribution < 1.29 is 0 Å². The van der Waals surface area contributed by atoms with Gasteiger partial charge in [-0.15, -0.1) is 11.8 Å². The molecular weight excluding hydrogens is 264 g/mol. The van der Waals surface area contributed by atoms with Crippen molar-refractivity contribution in [3.05, 3.63) is 29.8 Å². The predicted molar refractivity (Wildman–Crippen MR) is 89.5 cm³/mol. The molecule has 1 aliphatic rings. The van der Waals surface area contributed by atoms with E-state index in [0.29, 0.717) is 12.1 Å². The van der Waals surface area contributed by atoms with Crippen LogP contribution in [0.1, 0.15) is 38.8 Å². The molecule has 2 unspecified atom stereocenters. The van der Waals surface area contributed by atoms with E-state index in [0.717, 1.165) is 12.5 Å². The van der Waals surface area contributed by atoms with Crippen molar-refractivity contribution in [1.29, 1.82) is 0 Å². The summed E-state index contributed by atoms with van der Waals surface area (Å²) in [5.41, 5.74) is 1.39. The Labute approximate surface area is 128 Å². The second-order valence-electron chi connectivity index (χ2n) is 6.15. The topological polar surface area (TPSA) is 15.3 Å². The molecule has 1 N–H and O–H groups in total. The van der Waals surface area contributed by atoms with Gasteiger partial charge in [-0.25, -0.2) is 0 Å². The van der Waals surface area contributed by atoms with Gasteiger partial charge < -0.3 is 10.2 Å². The molecule has 1 aliphatic heterocycles. The standard InChI is InChI=1S/C17H28N2S/c1-13(2)19-10-9-15(12-19)11-18-14(3)16-5-7-17(20-4)8-6-16/h5-8,13-15,18H,9-12H2,1-4H3. The zero-order valence-corrected chi connectivity index (χ0v) is 14.0. The Bertz CT molecular complexity index is 402. The quantitative estimate of drug-likeness (QED) is 0.803. The molecule has 2 atom stereocenters. The van der Waals surface area contributed by atoms with Crippen LogP contribution in [0.3, 0.4) is 0 Å². The number of thioether (sulfide) groups is 1. The van der Waals surface area contributed by atoms with Crippen molar-refractivity contribution in [2.45, 2.75) is 44.2 Å². The Balaban J connectivity index is 1.78. The highest BCUT2D eigenvalue weighted by Crippen LogP contribution is 2.21. The van der Waals surface area contributed by atoms with E-state index in [1.165, 1.54) is 30.0 Å². The minimum Gasteiger partial charge on any atom is -0.310 e. The largest absolute Gasteiger partial charge is 0.310 e. The van der Waals surface area contributed by atoms with Gasteiger partial charge in [-0.05, 0) is 70.2 Å². The first-order valence-electron chi connectivity index (χ1n) is 7.71. The number of likely N-dealkylation sites (tertiary alicyclic amines) is 1. The first-order valence-corrected chi connectivity index (χ1v) is 8.94. The summed E-state index contributed by atoms with van der Waals surface area (Å²) in [6.07, 6.45) is 3.46. The lowest BCUT2D eigenvalue weighted by atomic mass is 10.1. The van der Waals surface area contributed by atoms with E-state index in [4.69, 9.17) is 0 Å². The van der Waals surface area contributed by atoms with Gasteiger partial charge in [0.15, 0.2) is 0 Å². The van der Waals surface area contributed by atoms with Gasteiger partial charge in [0, 0.05) is 23.5 Å². The molecule has 3 heteroatoms. The van der Waals surface area contributed by atoms with Gasteiger partial charge in [-0.2, -0.15) is 0 Å². The summed E-state index contributed by atoms with van der Waals surface area (Å²) in [6.45, 7) is 10.5. The van der Waals surface area contributed by atoms with E-state index in [2.05, 4.69) is 61.5 Å². The fourth-order valence-electron chi connectivity index (χ4n) is 2.85. The maximum atomic E-state index is 3.70. The Morgan fingerprint density at radius 3 is 2.50 bits per heavy atom. The molecule has 0 bridgehead atoms. The number of nitrogens with zero attached hydrogens (tertiary/aromatic N) is 1. The molecule has 1 heterocycles. The molecule has 0 saturated carbocycles. The highest BCUT2D eigenvalue weighted by molar-refractivity contribution is 7.98. The number of nitrogens with one attached hydrogen (secondary N) is 1. The highest BCUT2D eigenvalue weighted by atomic mass is 32.2. The van der Waals surface area contributed by atoms with E-state index < -0.39 is 0 Å². The predicted octanol–water partition coefficient (Wildman–Crippen LogP) is 3.79. The van der Waals surface area contributed by atoms with Crippen molar-refractivity contribution in [1.82, 2.24) is 10.2 Å². The van der Waals surface area contributed by atoms with E-state index in [1.54, 1.807) is 11.8 Å². The molecule has 0 radical (unpaired) electrons. The Morgan fingerprint density at radius 1 is 1.25 bits per heavy atom. The van der Waals surface area contributed by atoms with Crippen molar-refractivity contribution in [2.24, 2.45) is 5.92 Å². The third-order valence-electron chi connectivity index (χ3n) is 4.38.